The Hall–Kier alpha value is -2.53. The average Bonchev–Trinajstić information content (AvgIpc) is 2.55. The summed E-state index contributed by atoms with van der Waals surface area (Å²) in [4.78, 5) is 14.3. The number of nitriles is 1. The lowest BCUT2D eigenvalue weighted by molar-refractivity contribution is 0.0496. The van der Waals surface area contributed by atoms with Crippen LogP contribution in [-0.4, -0.2) is 41.8 Å². The maximum atomic E-state index is 12.8. The number of phenols is 1. The van der Waals surface area contributed by atoms with Gasteiger partial charge in [0.05, 0.1) is 22.8 Å². The van der Waals surface area contributed by atoms with E-state index >= 15 is 0 Å². The second-order valence-corrected chi connectivity index (χ2v) is 5.77. The van der Waals surface area contributed by atoms with E-state index in [2.05, 4.69) is 21.2 Å². The maximum absolute atomic E-state index is 12.8. The monoisotopic (exact) mass is 378 g/mol. The van der Waals surface area contributed by atoms with Crippen molar-refractivity contribution in [3.8, 4) is 11.8 Å². The summed E-state index contributed by atoms with van der Waals surface area (Å²) in [6.07, 6.45) is 0.763. The number of benzene rings is 1. The molecule has 7 nitrogen and oxygen atoms in total. The molecule has 0 aromatic heterocycles. The molecule has 0 fully saturated rings. The minimum absolute atomic E-state index is 0.00583. The van der Waals surface area contributed by atoms with Gasteiger partial charge in [0.15, 0.2) is 11.6 Å². The van der Waals surface area contributed by atoms with Crippen molar-refractivity contribution in [2.75, 3.05) is 13.6 Å². The summed E-state index contributed by atoms with van der Waals surface area (Å²) in [5.74, 6) is 0.0776. The molecule has 1 aliphatic rings. The highest BCUT2D eigenvalue weighted by molar-refractivity contribution is 9.10. The zero-order chi connectivity index (χ0) is 17.1. The third kappa shape index (κ3) is 3.14. The van der Waals surface area contributed by atoms with Gasteiger partial charge in [-0.1, -0.05) is 0 Å². The van der Waals surface area contributed by atoms with E-state index in [0.717, 1.165) is 6.21 Å². The van der Waals surface area contributed by atoms with Gasteiger partial charge < -0.3 is 20.6 Å². The van der Waals surface area contributed by atoms with Gasteiger partial charge in [0.1, 0.15) is 17.9 Å². The fraction of sp³-hybridized carbons (Fsp3) is 0.267. The van der Waals surface area contributed by atoms with Crippen molar-refractivity contribution in [3.05, 3.63) is 39.3 Å². The van der Waals surface area contributed by atoms with Crippen molar-refractivity contribution in [1.82, 2.24) is 10.2 Å². The van der Waals surface area contributed by atoms with Gasteiger partial charge in [0.2, 0.25) is 0 Å². The number of carbonyl (C=O) groups excluding carboxylic acids is 1. The molecule has 0 saturated carbocycles. The van der Waals surface area contributed by atoms with Crippen LogP contribution >= 0.6 is 15.9 Å². The first-order valence-corrected chi connectivity index (χ1v) is 7.55. The quantitative estimate of drug-likeness (QED) is 0.696. The lowest BCUT2D eigenvalue weighted by Crippen LogP contribution is -2.45. The van der Waals surface area contributed by atoms with E-state index < -0.39 is 0 Å². The van der Waals surface area contributed by atoms with Crippen molar-refractivity contribution in [2.24, 2.45) is 0 Å². The summed E-state index contributed by atoms with van der Waals surface area (Å²) in [5, 5.41) is 29.1. The number of rotatable bonds is 3. The first-order chi connectivity index (χ1) is 10.9. The molecule has 2 rings (SSSR count). The summed E-state index contributed by atoms with van der Waals surface area (Å²) in [6, 6.07) is 4.64. The van der Waals surface area contributed by atoms with Crippen LogP contribution in [0.25, 0.3) is 0 Å². The van der Waals surface area contributed by atoms with E-state index in [1.807, 2.05) is 6.07 Å². The van der Waals surface area contributed by atoms with Gasteiger partial charge in [0.25, 0.3) is 5.91 Å². The van der Waals surface area contributed by atoms with Crippen LogP contribution in [-0.2, 0) is 4.74 Å². The SMILES string of the molecule is CNC1=C(C=N)O[C@H](C)CN1C(=O)c1cc(Br)c(O)c(C#N)c1. The lowest BCUT2D eigenvalue weighted by Gasteiger charge is -2.34. The second-order valence-electron chi connectivity index (χ2n) is 4.92. The summed E-state index contributed by atoms with van der Waals surface area (Å²) in [7, 11) is 1.63. The number of nitrogens with zero attached hydrogens (tertiary/aromatic N) is 2. The van der Waals surface area contributed by atoms with Crippen LogP contribution in [0.2, 0.25) is 0 Å². The lowest BCUT2D eigenvalue weighted by atomic mass is 10.1. The van der Waals surface area contributed by atoms with E-state index in [9.17, 15) is 9.90 Å². The van der Waals surface area contributed by atoms with E-state index in [1.54, 1.807) is 14.0 Å². The topological polar surface area (TPSA) is 109 Å². The van der Waals surface area contributed by atoms with Gasteiger partial charge in [-0.15, -0.1) is 0 Å². The third-order valence-electron chi connectivity index (χ3n) is 3.32. The molecule has 0 bridgehead atoms. The van der Waals surface area contributed by atoms with Gasteiger partial charge in [-0.2, -0.15) is 5.26 Å². The molecule has 120 valence electrons. The van der Waals surface area contributed by atoms with Crippen LogP contribution in [0.4, 0.5) is 0 Å². The summed E-state index contributed by atoms with van der Waals surface area (Å²) >= 11 is 3.14. The van der Waals surface area contributed by atoms with E-state index in [1.165, 1.54) is 17.0 Å². The summed E-state index contributed by atoms with van der Waals surface area (Å²) in [5.41, 5.74) is 0.253. The van der Waals surface area contributed by atoms with Crippen molar-refractivity contribution in [3.63, 3.8) is 0 Å². The predicted molar refractivity (Wildman–Crippen MR) is 87.0 cm³/mol. The number of halogens is 1. The molecule has 0 aliphatic carbocycles. The largest absolute Gasteiger partial charge is 0.505 e. The number of carbonyl (C=O) groups is 1. The third-order valence-corrected chi connectivity index (χ3v) is 3.92. The minimum Gasteiger partial charge on any atom is -0.505 e. The van der Waals surface area contributed by atoms with Crippen molar-refractivity contribution in [1.29, 1.82) is 10.7 Å². The Morgan fingerprint density at radius 2 is 2.35 bits per heavy atom. The van der Waals surface area contributed by atoms with Crippen LogP contribution in [0.15, 0.2) is 28.2 Å². The van der Waals surface area contributed by atoms with E-state index in [4.69, 9.17) is 15.4 Å². The molecule has 0 saturated heterocycles. The Morgan fingerprint density at radius 1 is 1.65 bits per heavy atom. The van der Waals surface area contributed by atoms with Crippen LogP contribution in [0.5, 0.6) is 5.75 Å². The highest BCUT2D eigenvalue weighted by atomic mass is 79.9. The summed E-state index contributed by atoms with van der Waals surface area (Å²) in [6.45, 7) is 2.09. The highest BCUT2D eigenvalue weighted by Crippen LogP contribution is 2.30. The van der Waals surface area contributed by atoms with Crippen LogP contribution in [0, 0.1) is 16.7 Å². The van der Waals surface area contributed by atoms with Crippen molar-refractivity contribution >= 4 is 28.1 Å². The Balaban J connectivity index is 2.49. The number of hydrogen-bond donors (Lipinski definition) is 3. The number of aromatic hydroxyl groups is 1. The molecule has 8 heteroatoms. The van der Waals surface area contributed by atoms with Gasteiger partial charge >= 0.3 is 0 Å². The molecular formula is C15H15BrN4O3. The molecule has 1 aliphatic heterocycles. The zero-order valence-electron chi connectivity index (χ0n) is 12.6. The van der Waals surface area contributed by atoms with Crippen LogP contribution in [0.3, 0.4) is 0 Å². The number of phenolic OH excluding ortho intramolecular Hbond substituents is 1. The van der Waals surface area contributed by atoms with E-state index in [0.29, 0.717) is 12.4 Å². The molecule has 0 spiro atoms. The fourth-order valence-corrected chi connectivity index (χ4v) is 2.76. The molecule has 1 aromatic carbocycles. The first-order valence-electron chi connectivity index (χ1n) is 6.76. The maximum Gasteiger partial charge on any atom is 0.259 e. The second kappa shape index (κ2) is 6.71. The molecule has 1 atom stereocenters. The summed E-state index contributed by atoms with van der Waals surface area (Å²) < 4.78 is 5.79. The van der Waals surface area contributed by atoms with Gasteiger partial charge in [-0.3, -0.25) is 9.69 Å². The van der Waals surface area contributed by atoms with Gasteiger partial charge in [-0.05, 0) is 35.0 Å². The normalized spacial score (nSPS) is 17.3. The van der Waals surface area contributed by atoms with Crippen molar-refractivity contribution < 1.29 is 14.6 Å². The number of ether oxygens (including phenoxy) is 1. The molecule has 23 heavy (non-hydrogen) atoms. The number of amides is 1. The Morgan fingerprint density at radius 3 is 2.91 bits per heavy atom. The Labute approximate surface area is 141 Å². The Kier molecular flexibility index (Phi) is 4.91. The molecule has 0 radical (unpaired) electrons. The van der Waals surface area contributed by atoms with Crippen LogP contribution < -0.4 is 5.32 Å². The highest BCUT2D eigenvalue weighted by Gasteiger charge is 2.30. The number of hydrogen-bond acceptors (Lipinski definition) is 6. The molecule has 1 heterocycles. The van der Waals surface area contributed by atoms with Gasteiger partial charge in [0, 0.05) is 12.6 Å². The molecular weight excluding hydrogens is 364 g/mol. The standard InChI is InChI=1S/C15H15BrN4O3/c1-8-7-20(14(19-2)12(6-18)23-8)15(22)9-3-10(5-17)13(21)11(16)4-9/h3-4,6,8,18-19,21H,7H2,1-2H3/t8-/m1/s1. The smallest absolute Gasteiger partial charge is 0.259 e. The molecule has 1 amide bonds. The van der Waals surface area contributed by atoms with Crippen LogP contribution in [0.1, 0.15) is 22.8 Å². The average molecular weight is 379 g/mol. The van der Waals surface area contributed by atoms with E-state index in [-0.39, 0.29) is 39.1 Å². The van der Waals surface area contributed by atoms with Gasteiger partial charge in [-0.25, -0.2) is 0 Å². The Bertz CT molecular complexity index is 739. The van der Waals surface area contributed by atoms with Crippen molar-refractivity contribution in [2.45, 2.75) is 13.0 Å². The number of allylic oxidation sites excluding steroid dienone is 1. The predicted octanol–water partition coefficient (Wildman–Crippen LogP) is 1.93. The minimum atomic E-state index is -0.360. The zero-order valence-corrected chi connectivity index (χ0v) is 14.1. The molecule has 1 aromatic rings. The molecule has 0 unspecified atom stereocenters. The fourth-order valence-electron chi connectivity index (χ4n) is 2.30. The number of nitrogens with one attached hydrogen (secondary N) is 2. The molecule has 3 N–H and O–H groups in total. The first kappa shape index (κ1) is 16.8.